The number of benzene rings is 1. The zero-order valence-electron chi connectivity index (χ0n) is 24.7. The highest BCUT2D eigenvalue weighted by Gasteiger charge is 2.79. The van der Waals surface area contributed by atoms with Gasteiger partial charge in [0, 0.05) is 37.7 Å². The number of non-ortho nitro benzene ring substituents is 2. The van der Waals surface area contributed by atoms with Gasteiger partial charge >= 0.3 is 11.9 Å². The Bertz CT molecular complexity index is 1460. The number of nitro groups is 2. The first-order chi connectivity index (χ1) is 20.9. The lowest BCUT2D eigenvalue weighted by atomic mass is 9.42. The Labute approximate surface area is 253 Å². The molecule has 236 valence electrons. The van der Waals surface area contributed by atoms with E-state index in [4.69, 9.17) is 18.9 Å². The Hall–Kier alpha value is -3.42. The van der Waals surface area contributed by atoms with Gasteiger partial charge in [0.25, 0.3) is 11.4 Å². The van der Waals surface area contributed by atoms with E-state index in [0.717, 1.165) is 49.5 Å². The average molecular weight is 613 g/mol. The summed E-state index contributed by atoms with van der Waals surface area (Å²) in [5.41, 5.74) is -2.91. The van der Waals surface area contributed by atoms with Crippen LogP contribution in [-0.2, 0) is 23.7 Å². The van der Waals surface area contributed by atoms with Crippen LogP contribution in [-0.4, -0.2) is 64.2 Å². The van der Waals surface area contributed by atoms with Crippen LogP contribution in [0.5, 0.6) is 0 Å². The van der Waals surface area contributed by atoms with Crippen molar-refractivity contribution in [2.45, 2.75) is 88.3 Å². The fraction of sp³-hybridized carbons (Fsp3) is 0.677. The van der Waals surface area contributed by atoms with Gasteiger partial charge in [-0.25, -0.2) is 9.59 Å². The molecule has 13 nitrogen and oxygen atoms in total. The van der Waals surface area contributed by atoms with Gasteiger partial charge in [-0.1, -0.05) is 6.92 Å². The third kappa shape index (κ3) is 3.87. The number of esters is 2. The van der Waals surface area contributed by atoms with Crippen LogP contribution in [0.1, 0.15) is 75.1 Å². The van der Waals surface area contributed by atoms with Crippen molar-refractivity contribution >= 4 is 23.3 Å². The van der Waals surface area contributed by atoms with E-state index in [9.17, 15) is 34.9 Å². The molecule has 1 saturated heterocycles. The lowest BCUT2D eigenvalue weighted by molar-refractivity contribution is -0.394. The minimum absolute atomic E-state index is 0.0297. The number of hydrogen-bond acceptors (Lipinski definition) is 11. The van der Waals surface area contributed by atoms with Crippen molar-refractivity contribution in [3.63, 3.8) is 0 Å². The second kappa shape index (κ2) is 9.79. The maximum atomic E-state index is 13.1. The predicted molar refractivity (Wildman–Crippen MR) is 150 cm³/mol. The van der Waals surface area contributed by atoms with Gasteiger partial charge in [0.15, 0.2) is 6.29 Å². The highest BCUT2D eigenvalue weighted by atomic mass is 16.7. The number of fused-ring (bicyclic) bond motifs is 1. The lowest BCUT2D eigenvalue weighted by Crippen LogP contribution is -2.67. The molecule has 0 radical (unpaired) electrons. The van der Waals surface area contributed by atoms with E-state index < -0.39 is 56.2 Å². The smallest absolute Gasteiger partial charge is 0.338 e. The molecule has 7 rings (SSSR count). The predicted octanol–water partition coefficient (Wildman–Crippen LogP) is 4.39. The highest BCUT2D eigenvalue weighted by Crippen LogP contribution is 2.76. The summed E-state index contributed by atoms with van der Waals surface area (Å²) in [4.78, 5) is 46.1. The standard InChI is InChI=1S/C31H36N2O11/c1-28-7-6-24-30-8-5-21(43-26(35)17-11-19(32(37)38)14-20(12-17)33(39)40)15-29(30,36)9-10-31(24,44-27(30)41-2)23(28)4-3-22(28)18-13-25(34)42-16-18/h11-14,21-24,27,36H,3-10,15-16H2,1-2H3/t21-,22-,23-,24-,27+,28-,29+,30-,31-/m0/s1. The summed E-state index contributed by atoms with van der Waals surface area (Å²) >= 11 is 0. The van der Waals surface area contributed by atoms with Gasteiger partial charge < -0.3 is 24.1 Å². The molecule has 2 aliphatic heterocycles. The molecule has 44 heavy (non-hydrogen) atoms. The van der Waals surface area contributed by atoms with Crippen LogP contribution in [0.2, 0.25) is 0 Å². The molecule has 4 saturated carbocycles. The molecule has 0 aromatic heterocycles. The molecular weight excluding hydrogens is 576 g/mol. The van der Waals surface area contributed by atoms with Crippen LogP contribution in [0.3, 0.4) is 0 Å². The average Bonchev–Trinajstić information content (AvgIpc) is 3.63. The highest BCUT2D eigenvalue weighted by molar-refractivity contribution is 5.91. The number of rotatable bonds is 6. The SMILES string of the molecule is CO[C@@H]1O[C@]23CC[C@@]4(O)C[C@@H](OC(=O)c5cc([N+](=O)[O-])cc([N+](=O)[O-])c5)CC[C@]14[C@@H]2CC[C@@]1(C)[C@H](C2=CC(=O)OC2)CC[C@@H]13. The number of carbonyl (C=O) groups is 2. The summed E-state index contributed by atoms with van der Waals surface area (Å²) in [6, 6.07) is 2.72. The second-order valence-electron chi connectivity index (χ2n) is 13.8. The van der Waals surface area contributed by atoms with Crippen LogP contribution < -0.4 is 0 Å². The van der Waals surface area contributed by atoms with Gasteiger partial charge in [-0.15, -0.1) is 0 Å². The Morgan fingerprint density at radius 3 is 2.36 bits per heavy atom. The van der Waals surface area contributed by atoms with E-state index >= 15 is 0 Å². The molecule has 1 aromatic carbocycles. The van der Waals surface area contributed by atoms with Gasteiger partial charge in [0.1, 0.15) is 12.7 Å². The van der Waals surface area contributed by atoms with Gasteiger partial charge in [0.05, 0.1) is 38.1 Å². The molecule has 2 bridgehead atoms. The van der Waals surface area contributed by atoms with Crippen molar-refractivity contribution < 1.29 is 43.5 Å². The summed E-state index contributed by atoms with van der Waals surface area (Å²) in [5.74, 6) is -0.708. The zero-order chi connectivity index (χ0) is 31.2. The molecular formula is C31H36N2O11. The van der Waals surface area contributed by atoms with Gasteiger partial charge in [-0.2, -0.15) is 0 Å². The third-order valence-electron chi connectivity index (χ3n) is 12.3. The van der Waals surface area contributed by atoms with E-state index in [1.54, 1.807) is 13.2 Å². The number of aliphatic hydroxyl groups is 1. The van der Waals surface area contributed by atoms with Crippen LogP contribution in [0.15, 0.2) is 29.8 Å². The fourth-order valence-corrected chi connectivity index (χ4v) is 10.6. The van der Waals surface area contributed by atoms with Crippen molar-refractivity contribution in [3.05, 3.63) is 55.6 Å². The quantitative estimate of drug-likeness (QED) is 0.274. The zero-order valence-corrected chi connectivity index (χ0v) is 24.7. The van der Waals surface area contributed by atoms with Crippen molar-refractivity contribution in [2.75, 3.05) is 13.7 Å². The van der Waals surface area contributed by atoms with Crippen LogP contribution >= 0.6 is 0 Å². The number of carbonyl (C=O) groups excluding carboxylic acids is 2. The molecule has 13 heteroatoms. The number of hydrogen-bond donors (Lipinski definition) is 1. The number of cyclic esters (lactones) is 1. The normalized spacial score (nSPS) is 42.0. The first-order valence-electron chi connectivity index (χ1n) is 15.3. The molecule has 4 aliphatic carbocycles. The maximum absolute atomic E-state index is 13.1. The number of nitrogens with zero attached hydrogens (tertiary/aromatic N) is 2. The molecule has 2 heterocycles. The summed E-state index contributed by atoms with van der Waals surface area (Å²) in [7, 11) is 1.60. The van der Waals surface area contributed by atoms with E-state index in [1.165, 1.54) is 0 Å². The summed E-state index contributed by atoms with van der Waals surface area (Å²) < 4.78 is 24.0. The molecule has 0 unspecified atom stereocenters. The molecule has 1 spiro atoms. The van der Waals surface area contributed by atoms with Crippen molar-refractivity contribution in [3.8, 4) is 0 Å². The summed E-state index contributed by atoms with van der Waals surface area (Å²) in [6.07, 6.45) is 6.06. The minimum atomic E-state index is -1.25. The summed E-state index contributed by atoms with van der Waals surface area (Å²) in [5, 5.41) is 35.1. The Kier molecular flexibility index (Phi) is 6.52. The van der Waals surface area contributed by atoms with E-state index in [-0.39, 0.29) is 41.1 Å². The molecule has 6 aliphatic rings. The summed E-state index contributed by atoms with van der Waals surface area (Å²) in [6.45, 7) is 2.66. The Balaban J connectivity index is 1.15. The largest absolute Gasteiger partial charge is 0.459 e. The maximum Gasteiger partial charge on any atom is 0.338 e. The van der Waals surface area contributed by atoms with Crippen LogP contribution in [0.25, 0.3) is 0 Å². The first-order valence-corrected chi connectivity index (χ1v) is 15.3. The van der Waals surface area contributed by atoms with Crippen molar-refractivity contribution in [1.29, 1.82) is 0 Å². The fourth-order valence-electron chi connectivity index (χ4n) is 10.6. The second-order valence-corrected chi connectivity index (χ2v) is 13.8. The van der Waals surface area contributed by atoms with Crippen LogP contribution in [0, 0.1) is 48.8 Å². The first kappa shape index (κ1) is 29.3. The van der Waals surface area contributed by atoms with Gasteiger partial charge in [-0.05, 0) is 74.2 Å². The van der Waals surface area contributed by atoms with Crippen molar-refractivity contribution in [1.82, 2.24) is 0 Å². The molecule has 5 fully saturated rings. The number of ether oxygens (including phenoxy) is 4. The topological polar surface area (TPSA) is 178 Å². The monoisotopic (exact) mass is 612 g/mol. The minimum Gasteiger partial charge on any atom is -0.459 e. The number of nitro benzene ring substituents is 2. The van der Waals surface area contributed by atoms with Gasteiger partial charge in [-0.3, -0.25) is 20.2 Å². The lowest BCUT2D eigenvalue weighted by Gasteiger charge is -2.63. The Morgan fingerprint density at radius 2 is 1.73 bits per heavy atom. The molecule has 1 aromatic rings. The van der Waals surface area contributed by atoms with E-state index in [2.05, 4.69) is 6.92 Å². The molecule has 9 atom stereocenters. The Morgan fingerprint density at radius 1 is 1.00 bits per heavy atom. The van der Waals surface area contributed by atoms with E-state index in [0.29, 0.717) is 32.3 Å². The van der Waals surface area contributed by atoms with Gasteiger partial charge in [0.2, 0.25) is 0 Å². The van der Waals surface area contributed by atoms with E-state index in [1.807, 2.05) is 0 Å². The third-order valence-corrected chi connectivity index (χ3v) is 12.3. The van der Waals surface area contributed by atoms with Crippen molar-refractivity contribution in [2.24, 2.45) is 28.6 Å². The molecule has 0 amide bonds. The molecule has 1 N–H and O–H groups in total. The van der Waals surface area contributed by atoms with Crippen LogP contribution in [0.4, 0.5) is 11.4 Å². The number of methoxy groups -OCH3 is 1.